The average Bonchev–Trinajstić information content (AvgIpc) is 3.78. The van der Waals surface area contributed by atoms with Crippen LogP contribution in [0.2, 0.25) is 0 Å². The van der Waals surface area contributed by atoms with Gasteiger partial charge in [-0.05, 0) is 144 Å². The first-order valence-corrected chi connectivity index (χ1v) is 24.5. The Balaban J connectivity index is 0.000000171. The Morgan fingerprint density at radius 1 is 0.543 bits per heavy atom. The molecule has 0 aliphatic heterocycles. The fraction of sp³-hybridized carbons (Fsp3) is 0.215. The standard InChI is InChI=1S/C33H32NO.C32H26N2.Ir/c1-21-18-24(23-14-16-33(3,4)17-15-23)12-13-25(21)29-19-30(34-20-22(29)2)28-10-7-9-27-26-8-5-6-11-31(26)35-32(27)28;1-2-9-29(10-3-1)32-21-18-28(24-34-32)15-14-27-8-6-7-26(23-27)13-12-25-16-19-30(20-17-25)31-11-4-5-22-33-31;/h5-9,11-13,18-20,23H,14-17H2,1-4H3;1-9,11,16-19,21-24H,12-15H2;/q-1;-2;+3. The number of aryl methyl sites for hydroxylation is 6. The van der Waals surface area contributed by atoms with E-state index >= 15 is 0 Å². The molecule has 1 saturated carbocycles. The van der Waals surface area contributed by atoms with Gasteiger partial charge in [0, 0.05) is 24.0 Å². The molecule has 11 rings (SSSR count). The van der Waals surface area contributed by atoms with E-state index in [1.54, 1.807) is 0 Å². The molecular formula is C65H58IrN3O. The maximum absolute atomic E-state index is 6.26. The predicted molar refractivity (Wildman–Crippen MR) is 284 cm³/mol. The van der Waals surface area contributed by atoms with Crippen LogP contribution in [0.3, 0.4) is 0 Å². The molecule has 0 saturated heterocycles. The molecule has 0 amide bonds. The first-order chi connectivity index (χ1) is 33.7. The second kappa shape index (κ2) is 21.9. The van der Waals surface area contributed by atoms with Gasteiger partial charge in [0.05, 0.1) is 5.58 Å². The van der Waals surface area contributed by atoms with E-state index in [0.29, 0.717) is 11.3 Å². The minimum absolute atomic E-state index is 0. The van der Waals surface area contributed by atoms with Gasteiger partial charge in [-0.1, -0.05) is 122 Å². The van der Waals surface area contributed by atoms with Crippen LogP contribution in [-0.4, -0.2) is 15.0 Å². The maximum atomic E-state index is 6.26. The molecule has 4 heterocycles. The van der Waals surface area contributed by atoms with E-state index in [2.05, 4.69) is 153 Å². The molecule has 0 radical (unpaired) electrons. The SMILES string of the molecule is Cc1cc(C2CCC(C)(C)CC2)ccc1-c1cc(-c2[c-]ccc3c2oc2ccccc23)ncc1C.[Ir+3].[c-]1cc(CCc2cccc(CCc3ccc(-c4[c-]cccc4)nc3)c2)ccc1-c1ccccn1. The summed E-state index contributed by atoms with van der Waals surface area (Å²) in [5.41, 5.74) is 19.9. The summed E-state index contributed by atoms with van der Waals surface area (Å²) in [6.07, 6.45) is 15.0. The number of hydrogen-bond donors (Lipinski definition) is 0. The largest absolute Gasteiger partial charge is 3.00 e. The number of furan rings is 1. The van der Waals surface area contributed by atoms with E-state index in [4.69, 9.17) is 9.40 Å². The number of aromatic nitrogens is 3. The Labute approximate surface area is 427 Å². The quantitative estimate of drug-likeness (QED) is 0.121. The zero-order valence-electron chi connectivity index (χ0n) is 40.6. The topological polar surface area (TPSA) is 51.8 Å². The summed E-state index contributed by atoms with van der Waals surface area (Å²) < 4.78 is 6.26. The summed E-state index contributed by atoms with van der Waals surface area (Å²) in [6.45, 7) is 9.21. The third kappa shape index (κ3) is 11.3. The molecule has 6 aromatic carbocycles. The summed E-state index contributed by atoms with van der Waals surface area (Å²) >= 11 is 0. The van der Waals surface area contributed by atoms with Crippen LogP contribution >= 0.6 is 0 Å². The molecule has 0 unspecified atom stereocenters. The molecule has 1 fully saturated rings. The number of nitrogens with zero attached hydrogens (tertiary/aromatic N) is 3. The van der Waals surface area contributed by atoms with Gasteiger partial charge in [0.2, 0.25) is 0 Å². The summed E-state index contributed by atoms with van der Waals surface area (Å²) in [4.78, 5) is 13.8. The number of rotatable bonds is 11. The van der Waals surface area contributed by atoms with E-state index in [9.17, 15) is 0 Å². The minimum Gasteiger partial charge on any atom is -0.501 e. The molecule has 4 nitrogen and oxygen atoms in total. The minimum atomic E-state index is 0. The molecule has 1 aliphatic carbocycles. The number of benzene rings is 6. The predicted octanol–water partition coefficient (Wildman–Crippen LogP) is 16.4. The van der Waals surface area contributed by atoms with Crippen LogP contribution in [0.4, 0.5) is 0 Å². The van der Waals surface area contributed by atoms with Crippen LogP contribution in [0.5, 0.6) is 0 Å². The molecule has 0 bridgehead atoms. The number of para-hydroxylation sites is 1. The molecule has 0 atom stereocenters. The van der Waals surface area contributed by atoms with Crippen molar-refractivity contribution in [2.45, 2.75) is 85.0 Å². The van der Waals surface area contributed by atoms with Gasteiger partial charge in [-0.25, -0.2) is 0 Å². The Morgan fingerprint density at radius 2 is 1.27 bits per heavy atom. The van der Waals surface area contributed by atoms with E-state index in [1.165, 1.54) is 75.8 Å². The zero-order valence-corrected chi connectivity index (χ0v) is 43.0. The molecule has 348 valence electrons. The monoisotopic (exact) mass is 1090 g/mol. The second-order valence-electron chi connectivity index (χ2n) is 19.6. The van der Waals surface area contributed by atoms with E-state index in [0.717, 1.165) is 81.4 Å². The Morgan fingerprint density at radius 3 is 2.00 bits per heavy atom. The van der Waals surface area contributed by atoms with Crippen LogP contribution in [0.1, 0.15) is 84.4 Å². The Kier molecular flexibility index (Phi) is 15.1. The van der Waals surface area contributed by atoms with Crippen molar-refractivity contribution in [3.05, 3.63) is 233 Å². The first kappa shape index (κ1) is 48.3. The fourth-order valence-corrected chi connectivity index (χ4v) is 9.90. The number of hydrogen-bond acceptors (Lipinski definition) is 4. The Bertz CT molecular complexity index is 3210. The first-order valence-electron chi connectivity index (χ1n) is 24.5. The summed E-state index contributed by atoms with van der Waals surface area (Å²) in [5.74, 6) is 0.685. The van der Waals surface area contributed by atoms with Gasteiger partial charge >= 0.3 is 20.1 Å². The van der Waals surface area contributed by atoms with Gasteiger partial charge < -0.3 is 19.4 Å². The average molecular weight is 1090 g/mol. The van der Waals surface area contributed by atoms with E-state index in [1.807, 2.05) is 79.3 Å². The summed E-state index contributed by atoms with van der Waals surface area (Å²) in [5, 5.41) is 2.23. The summed E-state index contributed by atoms with van der Waals surface area (Å²) in [7, 11) is 0. The molecule has 5 heteroatoms. The molecular weight excluding hydrogens is 1030 g/mol. The normalized spacial score (nSPS) is 13.4. The van der Waals surface area contributed by atoms with Crippen molar-refractivity contribution < 1.29 is 24.5 Å². The van der Waals surface area contributed by atoms with Crippen molar-refractivity contribution in [1.29, 1.82) is 0 Å². The van der Waals surface area contributed by atoms with E-state index < -0.39 is 0 Å². The second-order valence-corrected chi connectivity index (χ2v) is 19.6. The molecule has 70 heavy (non-hydrogen) atoms. The van der Waals surface area contributed by atoms with Crippen LogP contribution in [0.25, 0.3) is 66.8 Å². The maximum Gasteiger partial charge on any atom is 3.00 e. The van der Waals surface area contributed by atoms with Crippen LogP contribution in [-0.2, 0) is 45.8 Å². The van der Waals surface area contributed by atoms with Crippen LogP contribution in [0, 0.1) is 37.5 Å². The third-order valence-corrected chi connectivity index (χ3v) is 14.1. The molecule has 4 aromatic heterocycles. The van der Waals surface area contributed by atoms with Gasteiger partial charge in [0.25, 0.3) is 0 Å². The van der Waals surface area contributed by atoms with Gasteiger partial charge in [-0.15, -0.1) is 89.5 Å². The Hall–Kier alpha value is -6.78. The van der Waals surface area contributed by atoms with Crippen molar-refractivity contribution in [3.8, 4) is 44.9 Å². The number of pyridine rings is 3. The van der Waals surface area contributed by atoms with Gasteiger partial charge in [0.15, 0.2) is 0 Å². The van der Waals surface area contributed by atoms with E-state index in [-0.39, 0.29) is 20.1 Å². The van der Waals surface area contributed by atoms with Crippen LogP contribution in [0.15, 0.2) is 181 Å². The van der Waals surface area contributed by atoms with Crippen molar-refractivity contribution in [1.82, 2.24) is 15.0 Å². The fourth-order valence-electron chi connectivity index (χ4n) is 9.90. The van der Waals surface area contributed by atoms with Gasteiger partial charge in [-0.2, -0.15) is 0 Å². The van der Waals surface area contributed by atoms with Crippen molar-refractivity contribution in [2.75, 3.05) is 0 Å². The van der Waals surface area contributed by atoms with Crippen molar-refractivity contribution >= 4 is 21.9 Å². The molecule has 1 aliphatic rings. The number of fused-ring (bicyclic) bond motifs is 3. The van der Waals surface area contributed by atoms with Crippen molar-refractivity contribution in [2.24, 2.45) is 5.41 Å². The molecule has 0 spiro atoms. The van der Waals surface area contributed by atoms with Gasteiger partial charge in [-0.3, -0.25) is 0 Å². The van der Waals surface area contributed by atoms with Crippen LogP contribution < -0.4 is 0 Å². The zero-order chi connectivity index (χ0) is 47.2. The molecule has 0 N–H and O–H groups in total. The summed E-state index contributed by atoms with van der Waals surface area (Å²) in [6, 6.07) is 65.1. The smallest absolute Gasteiger partial charge is 0.501 e. The van der Waals surface area contributed by atoms with Crippen molar-refractivity contribution in [3.63, 3.8) is 0 Å². The third-order valence-electron chi connectivity index (χ3n) is 14.1. The van der Waals surface area contributed by atoms with Gasteiger partial charge in [0.1, 0.15) is 5.58 Å². The molecule has 10 aromatic rings.